The SMILES string of the molecule is COc1ccccc1C(=O)OCC(=O)N(C)Cc1ccc2c(c1)OCCO2. The van der Waals surface area contributed by atoms with Crippen LogP contribution in [0, 0.1) is 0 Å². The average molecular weight is 371 g/mol. The Hall–Kier alpha value is -3.22. The largest absolute Gasteiger partial charge is 0.496 e. The maximum atomic E-state index is 12.3. The van der Waals surface area contributed by atoms with Gasteiger partial charge in [0.05, 0.1) is 7.11 Å². The summed E-state index contributed by atoms with van der Waals surface area (Å²) in [4.78, 5) is 25.9. The first-order valence-electron chi connectivity index (χ1n) is 8.51. The zero-order valence-corrected chi connectivity index (χ0v) is 15.3. The van der Waals surface area contributed by atoms with Gasteiger partial charge in [-0.3, -0.25) is 4.79 Å². The summed E-state index contributed by atoms with van der Waals surface area (Å²) in [7, 11) is 3.12. The second kappa shape index (κ2) is 8.44. The molecule has 0 aromatic heterocycles. The first kappa shape index (κ1) is 18.6. The number of carbonyl (C=O) groups is 2. The Morgan fingerprint density at radius 2 is 1.81 bits per heavy atom. The molecule has 0 N–H and O–H groups in total. The van der Waals surface area contributed by atoms with Crippen molar-refractivity contribution in [3.05, 3.63) is 53.6 Å². The van der Waals surface area contributed by atoms with Crippen LogP contribution in [-0.2, 0) is 16.1 Å². The number of ether oxygens (including phenoxy) is 4. The number of carbonyl (C=O) groups excluding carboxylic acids is 2. The minimum atomic E-state index is -0.603. The fourth-order valence-electron chi connectivity index (χ4n) is 2.68. The molecule has 142 valence electrons. The Morgan fingerprint density at radius 1 is 1.07 bits per heavy atom. The van der Waals surface area contributed by atoms with Gasteiger partial charge in [0.25, 0.3) is 5.91 Å². The lowest BCUT2D eigenvalue weighted by molar-refractivity contribution is -0.133. The van der Waals surface area contributed by atoms with Crippen LogP contribution in [0.25, 0.3) is 0 Å². The summed E-state index contributed by atoms with van der Waals surface area (Å²) in [6.45, 7) is 1.05. The number of nitrogens with zero attached hydrogens (tertiary/aromatic N) is 1. The van der Waals surface area contributed by atoms with Gasteiger partial charge in [-0.1, -0.05) is 18.2 Å². The molecule has 0 saturated carbocycles. The fraction of sp³-hybridized carbons (Fsp3) is 0.300. The number of hydrogen-bond donors (Lipinski definition) is 0. The van der Waals surface area contributed by atoms with E-state index in [0.29, 0.717) is 37.0 Å². The van der Waals surface area contributed by atoms with E-state index in [1.807, 2.05) is 18.2 Å². The standard InChI is InChI=1S/C20H21NO6/c1-21(12-14-7-8-17-18(11-14)26-10-9-25-17)19(22)13-27-20(23)15-5-3-4-6-16(15)24-2/h3-8,11H,9-10,12-13H2,1-2H3. The quantitative estimate of drug-likeness (QED) is 0.726. The number of amides is 1. The predicted molar refractivity (Wildman–Crippen MR) is 97.2 cm³/mol. The van der Waals surface area contributed by atoms with Crippen molar-refractivity contribution < 1.29 is 28.5 Å². The van der Waals surface area contributed by atoms with Crippen molar-refractivity contribution in [1.29, 1.82) is 0 Å². The number of hydrogen-bond acceptors (Lipinski definition) is 6. The first-order chi connectivity index (χ1) is 13.1. The normalized spacial score (nSPS) is 12.2. The van der Waals surface area contributed by atoms with Crippen LogP contribution < -0.4 is 14.2 Å². The lowest BCUT2D eigenvalue weighted by atomic mass is 10.2. The van der Waals surface area contributed by atoms with Gasteiger partial charge in [-0.2, -0.15) is 0 Å². The maximum Gasteiger partial charge on any atom is 0.342 e. The smallest absolute Gasteiger partial charge is 0.342 e. The van der Waals surface area contributed by atoms with Crippen molar-refractivity contribution in [2.24, 2.45) is 0 Å². The number of likely N-dealkylation sites (N-methyl/N-ethyl adjacent to an activating group) is 1. The third-order valence-electron chi connectivity index (χ3n) is 4.11. The Balaban J connectivity index is 1.55. The van der Waals surface area contributed by atoms with E-state index in [-0.39, 0.29) is 18.1 Å². The summed E-state index contributed by atoms with van der Waals surface area (Å²) in [5.41, 5.74) is 1.17. The van der Waals surface area contributed by atoms with Gasteiger partial charge in [0.1, 0.15) is 24.5 Å². The summed E-state index contributed by atoms with van der Waals surface area (Å²) in [5.74, 6) is 0.855. The number of rotatable bonds is 6. The topological polar surface area (TPSA) is 74.3 Å². The van der Waals surface area contributed by atoms with Gasteiger partial charge < -0.3 is 23.8 Å². The van der Waals surface area contributed by atoms with Gasteiger partial charge in [0.2, 0.25) is 0 Å². The number of esters is 1. The maximum absolute atomic E-state index is 12.3. The van der Waals surface area contributed by atoms with Gasteiger partial charge in [-0.25, -0.2) is 4.79 Å². The molecule has 0 fully saturated rings. The van der Waals surface area contributed by atoms with Crippen LogP contribution in [0.2, 0.25) is 0 Å². The molecule has 2 aromatic carbocycles. The molecule has 0 saturated heterocycles. The van der Waals surface area contributed by atoms with E-state index in [9.17, 15) is 9.59 Å². The van der Waals surface area contributed by atoms with Gasteiger partial charge in [-0.05, 0) is 29.8 Å². The number of fused-ring (bicyclic) bond motifs is 1. The van der Waals surface area contributed by atoms with Crippen LogP contribution in [0.3, 0.4) is 0 Å². The fourth-order valence-corrected chi connectivity index (χ4v) is 2.68. The van der Waals surface area contributed by atoms with E-state index < -0.39 is 5.97 Å². The monoisotopic (exact) mass is 371 g/mol. The molecule has 0 radical (unpaired) electrons. The Kier molecular flexibility index (Phi) is 5.80. The van der Waals surface area contributed by atoms with Crippen molar-refractivity contribution in [3.8, 4) is 17.2 Å². The zero-order chi connectivity index (χ0) is 19.2. The predicted octanol–water partition coefficient (Wildman–Crippen LogP) is 2.28. The highest BCUT2D eigenvalue weighted by atomic mass is 16.6. The van der Waals surface area contributed by atoms with Crippen LogP contribution in [0.4, 0.5) is 0 Å². The summed E-state index contributed by atoms with van der Waals surface area (Å²) in [5, 5.41) is 0. The molecule has 0 atom stereocenters. The lowest BCUT2D eigenvalue weighted by Crippen LogP contribution is -2.31. The molecule has 7 nitrogen and oxygen atoms in total. The summed E-state index contributed by atoms with van der Waals surface area (Å²) < 4.78 is 21.3. The van der Waals surface area contributed by atoms with Crippen LogP contribution in [0.15, 0.2) is 42.5 Å². The van der Waals surface area contributed by atoms with Crippen LogP contribution in [-0.4, -0.2) is 50.8 Å². The molecule has 2 aromatic rings. The highest BCUT2D eigenvalue weighted by Crippen LogP contribution is 2.31. The van der Waals surface area contributed by atoms with E-state index in [1.54, 1.807) is 31.3 Å². The van der Waals surface area contributed by atoms with Crippen molar-refractivity contribution in [2.45, 2.75) is 6.54 Å². The Labute approximate surface area is 157 Å². The molecular formula is C20H21NO6. The molecular weight excluding hydrogens is 350 g/mol. The molecule has 1 heterocycles. The van der Waals surface area contributed by atoms with Crippen molar-refractivity contribution in [1.82, 2.24) is 4.90 Å². The van der Waals surface area contributed by atoms with Crippen LogP contribution in [0.5, 0.6) is 17.2 Å². The van der Waals surface area contributed by atoms with Gasteiger partial charge >= 0.3 is 5.97 Å². The highest BCUT2D eigenvalue weighted by molar-refractivity contribution is 5.93. The third-order valence-corrected chi connectivity index (χ3v) is 4.11. The van der Waals surface area contributed by atoms with Crippen molar-refractivity contribution in [3.63, 3.8) is 0 Å². The second-order valence-corrected chi connectivity index (χ2v) is 6.00. The third kappa shape index (κ3) is 4.49. The number of para-hydroxylation sites is 1. The van der Waals surface area contributed by atoms with Gasteiger partial charge in [0, 0.05) is 13.6 Å². The van der Waals surface area contributed by atoms with Gasteiger partial charge in [-0.15, -0.1) is 0 Å². The Morgan fingerprint density at radius 3 is 2.59 bits per heavy atom. The van der Waals surface area contributed by atoms with Gasteiger partial charge in [0.15, 0.2) is 18.1 Å². The zero-order valence-electron chi connectivity index (χ0n) is 15.3. The van der Waals surface area contributed by atoms with E-state index in [0.717, 1.165) is 5.56 Å². The molecule has 0 unspecified atom stereocenters. The minimum Gasteiger partial charge on any atom is -0.496 e. The number of methoxy groups -OCH3 is 1. The molecule has 27 heavy (non-hydrogen) atoms. The summed E-state index contributed by atoms with van der Waals surface area (Å²) >= 11 is 0. The molecule has 3 rings (SSSR count). The van der Waals surface area contributed by atoms with E-state index in [1.165, 1.54) is 12.0 Å². The summed E-state index contributed by atoms with van der Waals surface area (Å²) in [6, 6.07) is 12.2. The Bertz CT molecular complexity index is 835. The average Bonchev–Trinajstić information content (AvgIpc) is 2.71. The molecule has 0 spiro atoms. The first-order valence-corrected chi connectivity index (χ1v) is 8.51. The van der Waals surface area contributed by atoms with Crippen molar-refractivity contribution in [2.75, 3.05) is 34.0 Å². The van der Waals surface area contributed by atoms with E-state index in [4.69, 9.17) is 18.9 Å². The molecule has 7 heteroatoms. The second-order valence-electron chi connectivity index (χ2n) is 6.00. The highest BCUT2D eigenvalue weighted by Gasteiger charge is 2.18. The van der Waals surface area contributed by atoms with E-state index >= 15 is 0 Å². The number of benzene rings is 2. The molecule has 1 aliphatic heterocycles. The van der Waals surface area contributed by atoms with E-state index in [2.05, 4.69) is 0 Å². The molecule has 0 aliphatic carbocycles. The lowest BCUT2D eigenvalue weighted by Gasteiger charge is -2.21. The van der Waals surface area contributed by atoms with Crippen LogP contribution in [0.1, 0.15) is 15.9 Å². The van der Waals surface area contributed by atoms with Crippen LogP contribution >= 0.6 is 0 Å². The summed E-state index contributed by atoms with van der Waals surface area (Å²) in [6.07, 6.45) is 0. The molecule has 1 aliphatic rings. The molecule has 0 bridgehead atoms. The minimum absolute atomic E-state index is 0.280. The molecule has 1 amide bonds. The van der Waals surface area contributed by atoms with Crippen molar-refractivity contribution >= 4 is 11.9 Å².